The van der Waals surface area contributed by atoms with Gasteiger partial charge in [-0.3, -0.25) is 33.6 Å². The highest BCUT2D eigenvalue weighted by Gasteiger charge is 2.17. The standard InChI is InChI=1S/C17H34O3.C16H32O3.C15H30O3.C14H28O3.C13H26O3.C12H24O3.C11H22O3.CH4/c1-3-5-6-7-8-9-10-11-12-13-14-17(19)20-16(4-2)15-18;1-3-5-6-7-8-9-10-11-12-13-16(18)19-15(4-2)14-17;1-3-5-6-7-8-9-10-11-12-15(17)18-14(4-2)13-16;1-3-5-6-7-8-9-10-11-14(16)17-13(4-2)12-15;1-3-5-6-7-8-9-10-13(15)16-12(4-2)11-14;1-3-5-6-7-8-9-12(14)15-11(4-2)10-13;1-3-5-6-7-8-11(13)14-10(4-2)9-12;/h16,18H,3-15H2,1-2H3;15,17H,3-14H2,1-2H3;14,16H,3-13H2,1-2H3;13,15H,3-12H2,1-2H3;12,14H,3-11H2,1-2H3;11,13H,3-10H2,1-2H3;10,12H,3-9H2,1-2H3;1H4. The quantitative estimate of drug-likeness (QED) is 0.0169. The van der Waals surface area contributed by atoms with Crippen LogP contribution in [0, 0.1) is 0 Å². The van der Waals surface area contributed by atoms with Gasteiger partial charge in [0.2, 0.25) is 0 Å². The lowest BCUT2D eigenvalue weighted by molar-refractivity contribution is -0.152. The van der Waals surface area contributed by atoms with Crippen molar-refractivity contribution in [1.82, 2.24) is 0 Å². The maximum atomic E-state index is 11.5. The molecule has 0 fully saturated rings. The van der Waals surface area contributed by atoms with Gasteiger partial charge in [0.05, 0.1) is 46.2 Å². The van der Waals surface area contributed by atoms with Gasteiger partial charge in [-0.05, 0) is 89.9 Å². The van der Waals surface area contributed by atoms with Crippen LogP contribution in [0.2, 0.25) is 0 Å². The summed E-state index contributed by atoms with van der Waals surface area (Å²) < 4.78 is 35.7. The second-order valence-electron chi connectivity index (χ2n) is 32.0. The Bertz CT molecular complexity index is 2020. The van der Waals surface area contributed by atoms with Crippen LogP contribution in [0.5, 0.6) is 0 Å². The van der Waals surface area contributed by atoms with Crippen LogP contribution in [0.1, 0.15) is 509 Å². The number of aliphatic hydroxyl groups excluding tert-OH is 7. The van der Waals surface area contributed by atoms with Crippen molar-refractivity contribution in [3.8, 4) is 0 Å². The maximum absolute atomic E-state index is 11.5. The minimum absolute atomic E-state index is 0. The SMILES string of the molecule is C.CCCCCCC(=O)OC(CC)CO.CCCCCCCC(=O)OC(CC)CO.CCCCCCCCC(=O)OC(CC)CO.CCCCCCCCCC(=O)OC(CC)CO.CCCCCCCCCCC(=O)OC(CC)CO.CCCCCCCCCCCC(=O)OC(CC)CO.CCCCCCCCCCCCC(=O)OC(CC)CO. The van der Waals surface area contributed by atoms with Crippen LogP contribution in [0.4, 0.5) is 0 Å². The first-order valence-corrected chi connectivity index (χ1v) is 49.3. The Morgan fingerprint density at radius 3 is 0.325 bits per heavy atom. The number of aliphatic hydroxyl groups is 7. The molecule has 7 atom stereocenters. The van der Waals surface area contributed by atoms with E-state index in [2.05, 4.69) is 48.5 Å². The van der Waals surface area contributed by atoms with E-state index >= 15 is 0 Å². The van der Waals surface area contributed by atoms with Crippen molar-refractivity contribution in [3.05, 3.63) is 0 Å². The smallest absolute Gasteiger partial charge is 0.306 e. The lowest BCUT2D eigenvalue weighted by atomic mass is 10.1. The highest BCUT2D eigenvalue weighted by Crippen LogP contribution is 2.18. The number of hydrogen-bond acceptors (Lipinski definition) is 21. The molecule has 0 spiro atoms. The van der Waals surface area contributed by atoms with Crippen LogP contribution >= 0.6 is 0 Å². The topological polar surface area (TPSA) is 326 Å². The van der Waals surface area contributed by atoms with E-state index in [0.29, 0.717) is 89.9 Å². The molecule has 0 saturated carbocycles. The Labute approximate surface area is 738 Å². The van der Waals surface area contributed by atoms with Crippen molar-refractivity contribution in [3.63, 3.8) is 0 Å². The summed E-state index contributed by atoms with van der Waals surface area (Å²) in [4.78, 5) is 79.5. The molecule has 7 N–H and O–H groups in total. The third-order valence-electron chi connectivity index (χ3n) is 20.6. The molecule has 0 bridgehead atoms. The van der Waals surface area contributed by atoms with Crippen LogP contribution in [0.25, 0.3) is 0 Å². The molecule has 0 aromatic carbocycles. The third-order valence-corrected chi connectivity index (χ3v) is 20.6. The summed E-state index contributed by atoms with van der Waals surface area (Å²) in [5, 5.41) is 62.2. The second-order valence-corrected chi connectivity index (χ2v) is 32.0. The van der Waals surface area contributed by atoms with Gasteiger partial charge >= 0.3 is 41.8 Å². The van der Waals surface area contributed by atoms with Crippen molar-refractivity contribution >= 4 is 41.8 Å². The molecule has 0 amide bonds. The van der Waals surface area contributed by atoms with Crippen LogP contribution < -0.4 is 0 Å². The minimum atomic E-state index is -0.314. The maximum Gasteiger partial charge on any atom is 0.306 e. The second kappa shape index (κ2) is 113. The van der Waals surface area contributed by atoms with Crippen molar-refractivity contribution < 1.29 is 102 Å². The number of hydrogen-bond donors (Lipinski definition) is 7. The van der Waals surface area contributed by atoms with E-state index in [4.69, 9.17) is 68.9 Å². The largest absolute Gasteiger partial charge is 0.460 e. The molecule has 0 aliphatic heterocycles. The zero-order chi connectivity index (χ0) is 90.5. The minimum Gasteiger partial charge on any atom is -0.460 e. The van der Waals surface area contributed by atoms with Crippen LogP contribution in [-0.2, 0) is 66.7 Å². The fourth-order valence-electron chi connectivity index (χ4n) is 12.0. The van der Waals surface area contributed by atoms with Gasteiger partial charge in [-0.1, -0.05) is 374 Å². The summed E-state index contributed by atoms with van der Waals surface area (Å²) in [5.41, 5.74) is 0. The predicted molar refractivity (Wildman–Crippen MR) is 496 cm³/mol. The molecule has 7 unspecified atom stereocenters. The highest BCUT2D eigenvalue weighted by molar-refractivity contribution is 5.71. The van der Waals surface area contributed by atoms with Gasteiger partial charge < -0.3 is 68.9 Å². The van der Waals surface area contributed by atoms with E-state index in [9.17, 15) is 33.6 Å². The Kier molecular flexibility index (Phi) is 124. The van der Waals surface area contributed by atoms with Crippen molar-refractivity contribution in [2.24, 2.45) is 0 Å². The Morgan fingerprint density at radius 1 is 0.158 bits per heavy atom. The monoisotopic (exact) mass is 1730 g/mol. The first-order chi connectivity index (χ1) is 57.7. The Hall–Kier alpha value is -3.99. The van der Waals surface area contributed by atoms with Crippen LogP contribution in [-0.4, -0.2) is 167 Å². The first-order valence-electron chi connectivity index (χ1n) is 49.3. The van der Waals surface area contributed by atoms with Crippen LogP contribution in [0.15, 0.2) is 0 Å². The number of carbonyl (C=O) groups excluding carboxylic acids is 7. The van der Waals surface area contributed by atoms with Gasteiger partial charge in [-0.15, -0.1) is 0 Å². The molecule has 0 heterocycles. The summed E-state index contributed by atoms with van der Waals surface area (Å²) in [7, 11) is 0. The zero-order valence-corrected chi connectivity index (χ0v) is 79.9. The van der Waals surface area contributed by atoms with Gasteiger partial charge in [0.1, 0.15) is 42.7 Å². The van der Waals surface area contributed by atoms with Crippen molar-refractivity contribution in [2.75, 3.05) is 46.2 Å². The van der Waals surface area contributed by atoms with Crippen LogP contribution in [0.3, 0.4) is 0 Å². The van der Waals surface area contributed by atoms with E-state index < -0.39 is 0 Å². The van der Waals surface area contributed by atoms with E-state index in [1.807, 2.05) is 48.5 Å². The number of ether oxygens (including phenoxy) is 7. The zero-order valence-electron chi connectivity index (χ0n) is 79.9. The summed E-state index contributed by atoms with van der Waals surface area (Å²) >= 11 is 0. The number of rotatable bonds is 77. The lowest BCUT2D eigenvalue weighted by Crippen LogP contribution is -2.20. The molecule has 21 nitrogen and oxygen atoms in total. The number of carbonyl (C=O) groups is 7. The molecular weight excluding hydrogens is 1530 g/mol. The molecule has 0 aromatic heterocycles. The fourth-order valence-corrected chi connectivity index (χ4v) is 12.0. The normalized spacial score (nSPS) is 12.3. The van der Waals surface area contributed by atoms with Gasteiger partial charge in [0.15, 0.2) is 0 Å². The molecule has 0 saturated heterocycles. The molecule has 722 valence electrons. The summed E-state index contributed by atoms with van der Waals surface area (Å²) in [6, 6.07) is 0. The van der Waals surface area contributed by atoms with Gasteiger partial charge in [-0.25, -0.2) is 0 Å². The van der Waals surface area contributed by atoms with Gasteiger partial charge in [0.25, 0.3) is 0 Å². The van der Waals surface area contributed by atoms with Gasteiger partial charge in [0, 0.05) is 44.9 Å². The summed E-state index contributed by atoms with van der Waals surface area (Å²) in [5.74, 6) is -1.18. The summed E-state index contributed by atoms with van der Waals surface area (Å²) in [6.07, 6.45) is 65.1. The highest BCUT2D eigenvalue weighted by atomic mass is 16.6. The summed E-state index contributed by atoms with van der Waals surface area (Å²) in [6.45, 7) is 28.2. The van der Waals surface area contributed by atoms with Crippen molar-refractivity contribution in [1.29, 1.82) is 0 Å². The Balaban J connectivity index is -0.000000204. The predicted octanol–water partition coefficient (Wildman–Crippen LogP) is 24.7. The van der Waals surface area contributed by atoms with Gasteiger partial charge in [-0.2, -0.15) is 0 Å². The third kappa shape index (κ3) is 110. The van der Waals surface area contributed by atoms with E-state index in [1.54, 1.807) is 0 Å². The molecule has 0 radical (unpaired) electrons. The number of unbranched alkanes of at least 4 members (excludes halogenated alkanes) is 42. The Morgan fingerprint density at radius 2 is 0.242 bits per heavy atom. The van der Waals surface area contributed by atoms with E-state index in [1.165, 1.54) is 225 Å². The fraction of sp³-hybridized carbons (Fsp3) is 0.929. The van der Waals surface area contributed by atoms with E-state index in [0.717, 1.165) is 89.9 Å². The van der Waals surface area contributed by atoms with E-state index in [-0.39, 0.29) is 138 Å². The molecule has 0 aliphatic carbocycles. The average molecular weight is 1730 g/mol. The molecule has 0 aliphatic rings. The molecule has 21 heteroatoms. The lowest BCUT2D eigenvalue weighted by Gasteiger charge is -2.12. The average Bonchev–Trinajstić information content (AvgIpc) is 1.03. The van der Waals surface area contributed by atoms with Crippen molar-refractivity contribution in [2.45, 2.75) is 552 Å². The molecule has 120 heavy (non-hydrogen) atoms. The number of esters is 7. The molecular formula is C99H200O21. The molecule has 0 rings (SSSR count). The first kappa shape index (κ1) is 132. The molecule has 0 aromatic rings.